The number of rotatable bonds is 4. The van der Waals surface area contributed by atoms with Crippen LogP contribution >= 0.6 is 11.6 Å². The highest BCUT2D eigenvalue weighted by Gasteiger charge is 2.13. The van der Waals surface area contributed by atoms with Crippen LogP contribution in [-0.4, -0.2) is 23.5 Å². The number of hydrogen-bond donors (Lipinski definition) is 2. The van der Waals surface area contributed by atoms with Crippen molar-refractivity contribution in [3.63, 3.8) is 0 Å². The number of benzene rings is 1. The number of nitrogens with one attached hydrogen (secondary N) is 2. The molecule has 0 fully saturated rings. The molecule has 2 rings (SSSR count). The second kappa shape index (κ2) is 6.87. The van der Waals surface area contributed by atoms with Crippen molar-refractivity contribution >= 4 is 28.9 Å². The fraction of sp³-hybridized carbons (Fsp3) is 0.294. The molecule has 1 heterocycles. The fourth-order valence-corrected chi connectivity index (χ4v) is 2.27. The van der Waals surface area contributed by atoms with Crippen LogP contribution in [0.5, 0.6) is 5.75 Å². The van der Waals surface area contributed by atoms with Crippen molar-refractivity contribution in [1.82, 2.24) is 4.98 Å². The van der Waals surface area contributed by atoms with E-state index >= 15 is 0 Å². The summed E-state index contributed by atoms with van der Waals surface area (Å²) >= 11 is 6.06. The molecular formula is C17H20ClN3O2. The van der Waals surface area contributed by atoms with E-state index in [1.165, 1.54) is 6.20 Å². The smallest absolute Gasteiger partial charge is 0.257 e. The molecule has 1 aromatic carbocycles. The van der Waals surface area contributed by atoms with E-state index < -0.39 is 0 Å². The Labute approximate surface area is 141 Å². The molecule has 122 valence electrons. The SMILES string of the molecule is COc1ccc(NC(=O)c2cncc(NC(C)(C)C)c2)cc1Cl. The van der Waals surface area contributed by atoms with Crippen LogP contribution in [-0.2, 0) is 0 Å². The zero-order valence-corrected chi connectivity index (χ0v) is 14.4. The number of pyridine rings is 1. The normalized spacial score (nSPS) is 11.0. The Morgan fingerprint density at radius 3 is 2.52 bits per heavy atom. The molecule has 0 aliphatic heterocycles. The summed E-state index contributed by atoms with van der Waals surface area (Å²) in [7, 11) is 1.54. The van der Waals surface area contributed by atoms with Crippen molar-refractivity contribution < 1.29 is 9.53 Å². The van der Waals surface area contributed by atoms with Crippen molar-refractivity contribution in [2.45, 2.75) is 26.3 Å². The van der Waals surface area contributed by atoms with E-state index in [-0.39, 0.29) is 11.4 Å². The number of hydrogen-bond acceptors (Lipinski definition) is 4. The molecule has 0 aliphatic carbocycles. The second-order valence-corrected chi connectivity index (χ2v) is 6.55. The average Bonchev–Trinajstić information content (AvgIpc) is 2.46. The first-order valence-corrected chi connectivity index (χ1v) is 7.54. The summed E-state index contributed by atoms with van der Waals surface area (Å²) in [4.78, 5) is 16.5. The molecule has 0 bridgehead atoms. The van der Waals surface area contributed by atoms with Crippen LogP contribution in [0.1, 0.15) is 31.1 Å². The number of anilines is 2. The topological polar surface area (TPSA) is 63.2 Å². The van der Waals surface area contributed by atoms with Crippen LogP contribution in [0.15, 0.2) is 36.7 Å². The number of carbonyl (C=O) groups excluding carboxylic acids is 1. The first kappa shape index (κ1) is 17.1. The summed E-state index contributed by atoms with van der Waals surface area (Å²) in [6.07, 6.45) is 3.21. The maximum Gasteiger partial charge on any atom is 0.257 e. The van der Waals surface area contributed by atoms with E-state index in [9.17, 15) is 4.79 Å². The Bertz CT molecular complexity index is 711. The zero-order chi connectivity index (χ0) is 17.0. The van der Waals surface area contributed by atoms with Gasteiger partial charge in [-0.1, -0.05) is 11.6 Å². The molecular weight excluding hydrogens is 314 g/mol. The Kier molecular flexibility index (Phi) is 5.11. The lowest BCUT2D eigenvalue weighted by atomic mass is 10.1. The summed E-state index contributed by atoms with van der Waals surface area (Å²) in [6, 6.07) is 6.84. The summed E-state index contributed by atoms with van der Waals surface area (Å²) < 4.78 is 5.09. The minimum absolute atomic E-state index is 0.111. The quantitative estimate of drug-likeness (QED) is 0.880. The third-order valence-corrected chi connectivity index (χ3v) is 3.22. The molecule has 0 saturated heterocycles. The van der Waals surface area contributed by atoms with Crippen molar-refractivity contribution in [3.8, 4) is 5.75 Å². The van der Waals surface area contributed by atoms with E-state index in [0.29, 0.717) is 22.0 Å². The van der Waals surface area contributed by atoms with Crippen molar-refractivity contribution in [2.75, 3.05) is 17.7 Å². The molecule has 1 aromatic heterocycles. The molecule has 0 atom stereocenters. The molecule has 2 aromatic rings. The minimum atomic E-state index is -0.253. The molecule has 6 heteroatoms. The van der Waals surface area contributed by atoms with Gasteiger partial charge in [-0.2, -0.15) is 0 Å². The number of halogens is 1. The van der Waals surface area contributed by atoms with Crippen LogP contribution in [0, 0.1) is 0 Å². The van der Waals surface area contributed by atoms with Gasteiger partial charge in [-0.05, 0) is 45.0 Å². The minimum Gasteiger partial charge on any atom is -0.495 e. The predicted molar refractivity (Wildman–Crippen MR) is 93.6 cm³/mol. The number of ether oxygens (including phenoxy) is 1. The Balaban J connectivity index is 2.14. The van der Waals surface area contributed by atoms with Gasteiger partial charge in [0.1, 0.15) is 5.75 Å². The first-order valence-electron chi connectivity index (χ1n) is 7.16. The largest absolute Gasteiger partial charge is 0.495 e. The highest BCUT2D eigenvalue weighted by Crippen LogP contribution is 2.27. The van der Waals surface area contributed by atoms with Crippen LogP contribution in [0.3, 0.4) is 0 Å². The van der Waals surface area contributed by atoms with Gasteiger partial charge in [-0.15, -0.1) is 0 Å². The molecule has 0 radical (unpaired) electrons. The summed E-state index contributed by atoms with van der Waals surface area (Å²) in [5, 5.41) is 6.51. The van der Waals surface area contributed by atoms with E-state index in [0.717, 1.165) is 5.69 Å². The van der Waals surface area contributed by atoms with Gasteiger partial charge in [0, 0.05) is 23.6 Å². The molecule has 23 heavy (non-hydrogen) atoms. The Morgan fingerprint density at radius 2 is 1.91 bits per heavy atom. The van der Waals surface area contributed by atoms with Gasteiger partial charge in [-0.25, -0.2) is 0 Å². The van der Waals surface area contributed by atoms with Crippen molar-refractivity contribution in [3.05, 3.63) is 47.2 Å². The summed E-state index contributed by atoms with van der Waals surface area (Å²) in [6.45, 7) is 6.12. The summed E-state index contributed by atoms with van der Waals surface area (Å²) in [5.74, 6) is 0.305. The lowest BCUT2D eigenvalue weighted by Crippen LogP contribution is -2.26. The molecule has 0 unspecified atom stereocenters. The number of amides is 1. The van der Waals surface area contributed by atoms with Crippen LogP contribution < -0.4 is 15.4 Å². The molecule has 2 N–H and O–H groups in total. The van der Waals surface area contributed by atoms with E-state index in [4.69, 9.17) is 16.3 Å². The van der Waals surface area contributed by atoms with Gasteiger partial charge in [0.15, 0.2) is 0 Å². The maximum absolute atomic E-state index is 12.3. The van der Waals surface area contributed by atoms with Crippen molar-refractivity contribution in [2.24, 2.45) is 0 Å². The Morgan fingerprint density at radius 1 is 1.17 bits per heavy atom. The first-order chi connectivity index (χ1) is 10.8. The third-order valence-electron chi connectivity index (χ3n) is 2.93. The molecule has 0 aliphatic rings. The highest BCUT2D eigenvalue weighted by molar-refractivity contribution is 6.32. The standard InChI is InChI=1S/C17H20ClN3O2/c1-17(2,3)21-13-7-11(9-19-10-13)16(22)20-12-5-6-15(23-4)14(18)8-12/h5-10,21H,1-4H3,(H,20,22). The molecule has 1 amide bonds. The lowest BCUT2D eigenvalue weighted by molar-refractivity contribution is 0.102. The molecule has 0 spiro atoms. The van der Waals surface area contributed by atoms with Gasteiger partial charge >= 0.3 is 0 Å². The third kappa shape index (κ3) is 4.86. The average molecular weight is 334 g/mol. The van der Waals surface area contributed by atoms with Crippen LogP contribution in [0.4, 0.5) is 11.4 Å². The zero-order valence-electron chi connectivity index (χ0n) is 13.6. The number of aromatic nitrogens is 1. The van der Waals surface area contributed by atoms with Crippen LogP contribution in [0.2, 0.25) is 5.02 Å². The van der Waals surface area contributed by atoms with Gasteiger partial charge in [0.25, 0.3) is 5.91 Å². The lowest BCUT2D eigenvalue weighted by Gasteiger charge is -2.22. The second-order valence-electron chi connectivity index (χ2n) is 6.14. The van der Waals surface area contributed by atoms with E-state index in [2.05, 4.69) is 15.6 Å². The van der Waals surface area contributed by atoms with Gasteiger partial charge in [0.05, 0.1) is 23.4 Å². The molecule has 0 saturated carbocycles. The van der Waals surface area contributed by atoms with Crippen molar-refractivity contribution in [1.29, 1.82) is 0 Å². The van der Waals surface area contributed by atoms with E-state index in [1.807, 2.05) is 20.8 Å². The van der Waals surface area contributed by atoms with E-state index in [1.54, 1.807) is 37.6 Å². The fourth-order valence-electron chi connectivity index (χ4n) is 2.01. The van der Waals surface area contributed by atoms with Crippen LogP contribution in [0.25, 0.3) is 0 Å². The van der Waals surface area contributed by atoms with Gasteiger partial charge in [-0.3, -0.25) is 9.78 Å². The maximum atomic E-state index is 12.3. The molecule has 5 nitrogen and oxygen atoms in total. The Hall–Kier alpha value is -2.27. The van der Waals surface area contributed by atoms with Gasteiger partial charge in [0.2, 0.25) is 0 Å². The monoisotopic (exact) mass is 333 g/mol. The number of carbonyl (C=O) groups is 1. The summed E-state index contributed by atoms with van der Waals surface area (Å²) in [5.41, 5.74) is 1.74. The van der Waals surface area contributed by atoms with Gasteiger partial charge < -0.3 is 15.4 Å². The highest BCUT2D eigenvalue weighted by atomic mass is 35.5. The number of nitrogens with zero attached hydrogens (tertiary/aromatic N) is 1. The number of methoxy groups -OCH3 is 1. The predicted octanol–water partition coefficient (Wildman–Crippen LogP) is 4.21.